The Balaban J connectivity index is 1.94. The Bertz CT molecular complexity index is 1130. The SMILES string of the molecule is CC[C@H]1C[C@@](O)(C(F)(F)F)[C@@H](Nc2cccc3c2C=CC[N+]3=O)c2cc(C)c(C)c(O)c21. The number of nitrogens with zero attached hydrogens (tertiary/aromatic N) is 1. The summed E-state index contributed by atoms with van der Waals surface area (Å²) in [6.07, 6.45) is -1.83. The lowest BCUT2D eigenvalue weighted by Gasteiger charge is -2.46. The molecule has 3 atom stereocenters. The van der Waals surface area contributed by atoms with Crippen LogP contribution in [-0.2, 0) is 0 Å². The van der Waals surface area contributed by atoms with E-state index in [1.54, 1.807) is 57.2 Å². The van der Waals surface area contributed by atoms with Crippen molar-refractivity contribution >= 4 is 17.5 Å². The van der Waals surface area contributed by atoms with Crippen molar-refractivity contribution in [2.75, 3.05) is 11.9 Å². The minimum atomic E-state index is -4.92. The molecule has 32 heavy (non-hydrogen) atoms. The summed E-state index contributed by atoms with van der Waals surface area (Å²) in [5.41, 5.74) is -0.0368. The molecule has 0 fully saturated rings. The average Bonchev–Trinajstić information content (AvgIpc) is 2.73. The van der Waals surface area contributed by atoms with Gasteiger partial charge in [-0.2, -0.15) is 13.2 Å². The number of fused-ring (bicyclic) bond motifs is 2. The summed E-state index contributed by atoms with van der Waals surface area (Å²) in [7, 11) is 0. The number of phenolic OH excluding ortho intramolecular Hbond substituents is 1. The molecule has 8 heteroatoms. The van der Waals surface area contributed by atoms with Gasteiger partial charge >= 0.3 is 6.18 Å². The van der Waals surface area contributed by atoms with Crippen LogP contribution < -0.4 is 5.32 Å². The van der Waals surface area contributed by atoms with Crippen LogP contribution in [0.15, 0.2) is 30.3 Å². The fourth-order valence-electron chi connectivity index (χ4n) is 4.88. The number of aryl methyl sites for hydroxylation is 1. The summed E-state index contributed by atoms with van der Waals surface area (Å²) in [6.45, 7) is 5.34. The Kier molecular flexibility index (Phi) is 5.32. The highest BCUT2D eigenvalue weighted by atomic mass is 19.4. The molecule has 2 aromatic rings. The molecular formula is C24H26F3N2O3+. The van der Waals surface area contributed by atoms with E-state index in [0.29, 0.717) is 40.0 Å². The molecule has 0 aromatic heterocycles. The number of phenols is 1. The van der Waals surface area contributed by atoms with Crippen molar-refractivity contribution in [2.24, 2.45) is 0 Å². The molecule has 1 aliphatic heterocycles. The number of hydrogen-bond donors (Lipinski definition) is 3. The first-order chi connectivity index (χ1) is 15.0. The lowest BCUT2D eigenvalue weighted by Crippen LogP contribution is -2.55. The number of aromatic hydroxyl groups is 1. The molecule has 2 aromatic carbocycles. The van der Waals surface area contributed by atoms with Gasteiger partial charge in [-0.1, -0.05) is 19.1 Å². The van der Waals surface area contributed by atoms with Crippen molar-refractivity contribution in [3.8, 4) is 5.75 Å². The summed E-state index contributed by atoms with van der Waals surface area (Å²) < 4.78 is 43.8. The number of halogens is 3. The average molecular weight is 447 g/mol. The fourth-order valence-corrected chi connectivity index (χ4v) is 4.88. The highest BCUT2D eigenvalue weighted by Crippen LogP contribution is 2.56. The number of hydrogen-bond acceptors (Lipinski definition) is 4. The number of benzene rings is 2. The van der Waals surface area contributed by atoms with E-state index >= 15 is 0 Å². The summed E-state index contributed by atoms with van der Waals surface area (Å²) in [5, 5.41) is 24.9. The largest absolute Gasteiger partial charge is 0.507 e. The van der Waals surface area contributed by atoms with Crippen molar-refractivity contribution in [3.63, 3.8) is 0 Å². The third-order valence-corrected chi connectivity index (χ3v) is 6.83. The monoisotopic (exact) mass is 447 g/mol. The van der Waals surface area contributed by atoms with Crippen molar-refractivity contribution < 1.29 is 28.1 Å². The van der Waals surface area contributed by atoms with Crippen molar-refractivity contribution in [1.82, 2.24) is 0 Å². The van der Waals surface area contributed by atoms with E-state index in [9.17, 15) is 28.3 Å². The van der Waals surface area contributed by atoms with Gasteiger partial charge in [0, 0.05) is 27.0 Å². The number of anilines is 1. The first kappa shape index (κ1) is 22.3. The standard InChI is InChI=1S/C24H25F3N2O3/c1-4-15-12-23(31,24(25,26)27)22(17-11-13(2)14(3)21(30)20(15)17)28-18-8-5-9-19-16(18)7-6-10-29(19)32/h5-9,11,15,22,28,31H,4,10,12H2,1-3H3/p+1/t15-,22-,23-/m0/s1. The van der Waals surface area contributed by atoms with E-state index in [4.69, 9.17) is 0 Å². The van der Waals surface area contributed by atoms with Crippen LogP contribution in [0.1, 0.15) is 59.5 Å². The molecule has 0 spiro atoms. The maximum absolute atomic E-state index is 14.3. The number of nitroso groups, excluding NO2 is 1. The maximum Gasteiger partial charge on any atom is 0.419 e. The summed E-state index contributed by atoms with van der Waals surface area (Å²) in [6, 6.07) is 4.84. The van der Waals surface area contributed by atoms with Gasteiger partial charge in [0.1, 0.15) is 5.75 Å². The van der Waals surface area contributed by atoms with E-state index in [1.165, 1.54) is 0 Å². The maximum atomic E-state index is 14.3. The first-order valence-corrected chi connectivity index (χ1v) is 10.6. The molecule has 4 rings (SSSR count). The number of rotatable bonds is 3. The fraction of sp³-hybridized carbons (Fsp3) is 0.417. The molecule has 170 valence electrons. The third-order valence-electron chi connectivity index (χ3n) is 6.83. The smallest absolute Gasteiger partial charge is 0.419 e. The lowest BCUT2D eigenvalue weighted by molar-refractivity contribution is -0.452. The zero-order valence-corrected chi connectivity index (χ0v) is 18.1. The molecule has 0 unspecified atom stereocenters. The predicted octanol–water partition coefficient (Wildman–Crippen LogP) is 5.79. The number of nitrogens with one attached hydrogen (secondary N) is 1. The minimum Gasteiger partial charge on any atom is -0.507 e. The molecule has 0 amide bonds. The lowest BCUT2D eigenvalue weighted by atomic mass is 9.68. The molecule has 2 aliphatic rings. The molecular weight excluding hydrogens is 421 g/mol. The van der Waals surface area contributed by atoms with Crippen LogP contribution in [-0.4, -0.2) is 33.3 Å². The molecule has 0 saturated heterocycles. The van der Waals surface area contributed by atoms with E-state index in [0.717, 1.165) is 4.76 Å². The van der Waals surface area contributed by atoms with Gasteiger partial charge in [-0.15, -0.1) is 0 Å². The first-order valence-electron chi connectivity index (χ1n) is 10.6. The minimum absolute atomic E-state index is 0.0244. The van der Waals surface area contributed by atoms with Crippen molar-refractivity contribution in [1.29, 1.82) is 0 Å². The molecule has 0 saturated carbocycles. The van der Waals surface area contributed by atoms with Crippen LogP contribution in [0, 0.1) is 18.8 Å². The van der Waals surface area contributed by atoms with Crippen LogP contribution in [0.4, 0.5) is 24.5 Å². The zero-order chi connectivity index (χ0) is 23.4. The molecule has 0 bridgehead atoms. The van der Waals surface area contributed by atoms with Gasteiger partial charge in [0.2, 0.25) is 6.54 Å². The van der Waals surface area contributed by atoms with Gasteiger partial charge in [-0.25, -0.2) is 0 Å². The van der Waals surface area contributed by atoms with Gasteiger partial charge in [0.05, 0.1) is 11.6 Å². The Labute approximate surface area is 184 Å². The molecule has 1 aliphatic carbocycles. The zero-order valence-electron chi connectivity index (χ0n) is 18.1. The molecule has 0 radical (unpaired) electrons. The normalized spacial score (nSPS) is 24.8. The Morgan fingerprint density at radius 3 is 2.66 bits per heavy atom. The van der Waals surface area contributed by atoms with E-state index in [-0.39, 0.29) is 17.9 Å². The summed E-state index contributed by atoms with van der Waals surface area (Å²) in [4.78, 5) is 12.2. The topological polar surface area (TPSA) is 72.6 Å². The second-order valence-electron chi connectivity index (χ2n) is 8.68. The Morgan fingerprint density at radius 2 is 2.00 bits per heavy atom. The predicted molar refractivity (Wildman–Crippen MR) is 116 cm³/mol. The highest BCUT2D eigenvalue weighted by molar-refractivity contribution is 5.76. The second-order valence-corrected chi connectivity index (χ2v) is 8.68. The van der Waals surface area contributed by atoms with Gasteiger partial charge < -0.3 is 15.5 Å². The van der Waals surface area contributed by atoms with E-state index in [2.05, 4.69) is 5.32 Å². The Hall–Kier alpha value is -2.87. The molecule has 5 nitrogen and oxygen atoms in total. The second kappa shape index (κ2) is 7.62. The number of alkyl halides is 3. The van der Waals surface area contributed by atoms with Crippen LogP contribution in [0.5, 0.6) is 5.75 Å². The third kappa shape index (κ3) is 3.28. The summed E-state index contributed by atoms with van der Waals surface area (Å²) in [5.74, 6) is -0.681. The highest BCUT2D eigenvalue weighted by Gasteiger charge is 2.62. The van der Waals surface area contributed by atoms with Gasteiger partial charge in [-0.3, -0.25) is 0 Å². The van der Waals surface area contributed by atoms with Gasteiger partial charge in [0.25, 0.3) is 5.69 Å². The van der Waals surface area contributed by atoms with Crippen LogP contribution in [0.25, 0.3) is 6.08 Å². The van der Waals surface area contributed by atoms with E-state index in [1.807, 2.05) is 0 Å². The molecule has 1 heterocycles. The quantitative estimate of drug-likeness (QED) is 0.521. The Morgan fingerprint density at radius 1 is 1.28 bits per heavy atom. The van der Waals surface area contributed by atoms with Crippen molar-refractivity contribution in [2.45, 2.75) is 57.3 Å². The summed E-state index contributed by atoms with van der Waals surface area (Å²) >= 11 is 0. The van der Waals surface area contributed by atoms with Crippen molar-refractivity contribution in [3.05, 3.63) is 63.1 Å². The van der Waals surface area contributed by atoms with E-state index < -0.39 is 30.2 Å². The van der Waals surface area contributed by atoms with Gasteiger partial charge in [0.15, 0.2) is 5.60 Å². The van der Waals surface area contributed by atoms with Crippen LogP contribution in [0.3, 0.4) is 0 Å². The van der Waals surface area contributed by atoms with Crippen LogP contribution >= 0.6 is 0 Å². The number of aliphatic hydroxyl groups is 1. The molecule has 3 N–H and O–H groups in total. The van der Waals surface area contributed by atoms with Gasteiger partial charge in [-0.05, 0) is 67.5 Å². The van der Waals surface area contributed by atoms with Crippen LogP contribution in [0.2, 0.25) is 0 Å².